The minimum absolute atomic E-state index is 0.0980. The molecule has 0 radical (unpaired) electrons. The molecule has 1 rings (SSSR count). The number of hydrogen-bond acceptors (Lipinski definition) is 5. The van der Waals surface area contributed by atoms with Crippen LogP contribution in [0.3, 0.4) is 0 Å². The van der Waals surface area contributed by atoms with Crippen molar-refractivity contribution in [1.82, 2.24) is 20.8 Å². The molecule has 0 bridgehead atoms. The molecule has 1 aromatic rings. The number of carbonyl (C=O) groups excluding carboxylic acids is 1. The monoisotopic (exact) mass is 298 g/mol. The van der Waals surface area contributed by atoms with Crippen LogP contribution in [0.5, 0.6) is 0 Å². The third kappa shape index (κ3) is 4.73. The zero-order valence-electron chi connectivity index (χ0n) is 12.6. The Morgan fingerprint density at radius 1 is 1.29 bits per heavy atom. The summed E-state index contributed by atoms with van der Waals surface area (Å²) in [4.78, 5) is 27.0. The summed E-state index contributed by atoms with van der Waals surface area (Å²) in [7, 11) is 0. The SMILES string of the molecule is CCC(CC)(CNC(=O)NCCc1nc(C)no1)C(=O)O. The van der Waals surface area contributed by atoms with Gasteiger partial charge in [0.15, 0.2) is 5.82 Å². The summed E-state index contributed by atoms with van der Waals surface area (Å²) in [6.45, 7) is 5.75. The Hall–Kier alpha value is -2.12. The summed E-state index contributed by atoms with van der Waals surface area (Å²) in [5.41, 5.74) is -0.916. The summed E-state index contributed by atoms with van der Waals surface area (Å²) in [5, 5.41) is 18.1. The molecule has 8 heteroatoms. The maximum absolute atomic E-state index is 11.7. The van der Waals surface area contributed by atoms with E-state index < -0.39 is 17.4 Å². The normalized spacial score (nSPS) is 11.2. The molecule has 0 aliphatic rings. The zero-order chi connectivity index (χ0) is 15.9. The van der Waals surface area contributed by atoms with Gasteiger partial charge in [-0.15, -0.1) is 0 Å². The molecule has 118 valence electrons. The third-order valence-corrected chi connectivity index (χ3v) is 3.59. The standard InChI is InChI=1S/C13H22N4O4/c1-4-13(5-2,11(18)19)8-15-12(20)14-7-6-10-16-9(3)17-21-10/h4-8H2,1-3H3,(H,18,19)(H2,14,15,20). The van der Waals surface area contributed by atoms with E-state index in [-0.39, 0.29) is 6.54 Å². The van der Waals surface area contributed by atoms with Gasteiger partial charge >= 0.3 is 12.0 Å². The predicted molar refractivity (Wildman–Crippen MR) is 74.8 cm³/mol. The van der Waals surface area contributed by atoms with E-state index in [1.54, 1.807) is 20.8 Å². The number of nitrogens with zero attached hydrogens (tertiary/aromatic N) is 2. The van der Waals surface area contributed by atoms with E-state index in [1.807, 2.05) is 0 Å². The van der Waals surface area contributed by atoms with E-state index in [4.69, 9.17) is 4.52 Å². The second kappa shape index (κ2) is 7.61. The first-order chi connectivity index (χ1) is 9.93. The van der Waals surface area contributed by atoms with Crippen LogP contribution in [0.4, 0.5) is 4.79 Å². The molecule has 0 atom stereocenters. The van der Waals surface area contributed by atoms with Gasteiger partial charge in [0.05, 0.1) is 5.41 Å². The van der Waals surface area contributed by atoms with E-state index in [2.05, 4.69) is 20.8 Å². The van der Waals surface area contributed by atoms with Crippen LogP contribution in [-0.2, 0) is 11.2 Å². The van der Waals surface area contributed by atoms with Gasteiger partial charge in [0.2, 0.25) is 5.89 Å². The molecule has 0 saturated heterocycles. The highest BCUT2D eigenvalue weighted by molar-refractivity contribution is 5.78. The molecule has 1 heterocycles. The number of hydrogen-bond donors (Lipinski definition) is 3. The van der Waals surface area contributed by atoms with Crippen LogP contribution in [0.25, 0.3) is 0 Å². The largest absolute Gasteiger partial charge is 0.481 e. The quantitative estimate of drug-likeness (QED) is 0.661. The van der Waals surface area contributed by atoms with Crippen molar-refractivity contribution in [3.05, 3.63) is 11.7 Å². The number of carboxylic acids is 1. The molecule has 0 spiro atoms. The Kier molecular flexibility index (Phi) is 6.13. The number of aryl methyl sites for hydroxylation is 1. The summed E-state index contributed by atoms with van der Waals surface area (Å²) in [6.07, 6.45) is 1.35. The highest BCUT2D eigenvalue weighted by atomic mass is 16.5. The first-order valence-electron chi connectivity index (χ1n) is 6.97. The lowest BCUT2D eigenvalue weighted by atomic mass is 9.82. The Morgan fingerprint density at radius 3 is 2.43 bits per heavy atom. The summed E-state index contributed by atoms with van der Waals surface area (Å²) < 4.78 is 4.92. The molecule has 0 aliphatic carbocycles. The van der Waals surface area contributed by atoms with E-state index in [0.717, 1.165) is 0 Å². The second-order valence-electron chi connectivity index (χ2n) is 4.89. The van der Waals surface area contributed by atoms with Gasteiger partial charge in [0.25, 0.3) is 0 Å². The molecule has 0 unspecified atom stereocenters. The number of urea groups is 1. The lowest BCUT2D eigenvalue weighted by Gasteiger charge is -2.26. The van der Waals surface area contributed by atoms with Crippen molar-refractivity contribution in [2.24, 2.45) is 5.41 Å². The zero-order valence-corrected chi connectivity index (χ0v) is 12.6. The summed E-state index contributed by atoms with van der Waals surface area (Å²) in [5.74, 6) is 0.107. The van der Waals surface area contributed by atoms with Crippen LogP contribution in [-0.4, -0.2) is 40.3 Å². The highest BCUT2D eigenvalue weighted by Crippen LogP contribution is 2.25. The van der Waals surface area contributed by atoms with Gasteiger partial charge in [-0.25, -0.2) is 4.79 Å². The van der Waals surface area contributed by atoms with Gasteiger partial charge in [-0.1, -0.05) is 19.0 Å². The highest BCUT2D eigenvalue weighted by Gasteiger charge is 2.35. The number of aliphatic carboxylic acids is 1. The van der Waals surface area contributed by atoms with E-state index in [1.165, 1.54) is 0 Å². The Labute approximate surface area is 123 Å². The predicted octanol–water partition coefficient (Wildman–Crippen LogP) is 1.11. The number of amides is 2. The summed E-state index contributed by atoms with van der Waals surface area (Å²) in [6, 6.07) is -0.404. The van der Waals surface area contributed by atoms with E-state index >= 15 is 0 Å². The molecule has 2 amide bonds. The number of carboxylic acid groups (broad SMARTS) is 1. The molecule has 1 aromatic heterocycles. The first kappa shape index (κ1) is 16.9. The fourth-order valence-electron chi connectivity index (χ4n) is 1.91. The number of aromatic nitrogens is 2. The third-order valence-electron chi connectivity index (χ3n) is 3.59. The average molecular weight is 298 g/mol. The summed E-state index contributed by atoms with van der Waals surface area (Å²) >= 11 is 0. The van der Waals surface area contributed by atoms with Crippen LogP contribution < -0.4 is 10.6 Å². The second-order valence-corrected chi connectivity index (χ2v) is 4.89. The Bertz CT molecular complexity index is 482. The van der Waals surface area contributed by atoms with Crippen molar-refractivity contribution in [3.63, 3.8) is 0 Å². The van der Waals surface area contributed by atoms with Crippen molar-refractivity contribution in [1.29, 1.82) is 0 Å². The number of nitrogens with one attached hydrogen (secondary N) is 2. The molecule has 0 saturated carbocycles. The molecular formula is C13H22N4O4. The number of carbonyl (C=O) groups is 2. The van der Waals surface area contributed by atoms with Gasteiger partial charge in [0.1, 0.15) is 0 Å². The molecular weight excluding hydrogens is 276 g/mol. The fourth-order valence-corrected chi connectivity index (χ4v) is 1.91. The van der Waals surface area contributed by atoms with Crippen LogP contribution in [0.1, 0.15) is 38.4 Å². The smallest absolute Gasteiger partial charge is 0.314 e. The van der Waals surface area contributed by atoms with Crippen LogP contribution >= 0.6 is 0 Å². The lowest BCUT2D eigenvalue weighted by Crippen LogP contribution is -2.46. The maximum Gasteiger partial charge on any atom is 0.314 e. The topological polar surface area (TPSA) is 117 Å². The average Bonchev–Trinajstić information content (AvgIpc) is 2.86. The van der Waals surface area contributed by atoms with Crippen molar-refractivity contribution in [2.75, 3.05) is 13.1 Å². The Balaban J connectivity index is 2.34. The van der Waals surface area contributed by atoms with Gasteiger partial charge in [-0.05, 0) is 19.8 Å². The number of rotatable bonds is 8. The molecule has 0 aliphatic heterocycles. The fraction of sp³-hybridized carbons (Fsp3) is 0.692. The minimum Gasteiger partial charge on any atom is -0.481 e. The van der Waals surface area contributed by atoms with Crippen molar-refractivity contribution in [3.8, 4) is 0 Å². The van der Waals surface area contributed by atoms with Crippen molar-refractivity contribution < 1.29 is 19.2 Å². The van der Waals surface area contributed by atoms with Crippen LogP contribution in [0.2, 0.25) is 0 Å². The van der Waals surface area contributed by atoms with E-state index in [0.29, 0.717) is 37.5 Å². The van der Waals surface area contributed by atoms with Gasteiger partial charge in [-0.3, -0.25) is 4.79 Å². The van der Waals surface area contributed by atoms with Crippen LogP contribution in [0, 0.1) is 12.3 Å². The minimum atomic E-state index is -0.916. The van der Waals surface area contributed by atoms with Gasteiger partial charge in [0, 0.05) is 19.5 Å². The Morgan fingerprint density at radius 2 is 1.95 bits per heavy atom. The van der Waals surface area contributed by atoms with Crippen molar-refractivity contribution >= 4 is 12.0 Å². The van der Waals surface area contributed by atoms with Gasteiger partial charge < -0.3 is 20.3 Å². The molecule has 8 nitrogen and oxygen atoms in total. The molecule has 21 heavy (non-hydrogen) atoms. The van der Waals surface area contributed by atoms with Gasteiger partial charge in [-0.2, -0.15) is 4.98 Å². The molecule has 3 N–H and O–H groups in total. The molecule has 0 fully saturated rings. The van der Waals surface area contributed by atoms with E-state index in [9.17, 15) is 14.7 Å². The van der Waals surface area contributed by atoms with Crippen LogP contribution in [0.15, 0.2) is 4.52 Å². The maximum atomic E-state index is 11.7. The first-order valence-corrected chi connectivity index (χ1v) is 6.97. The molecule has 0 aromatic carbocycles. The van der Waals surface area contributed by atoms with Crippen molar-refractivity contribution in [2.45, 2.75) is 40.0 Å². The lowest BCUT2D eigenvalue weighted by molar-refractivity contribution is -0.149.